The van der Waals surface area contributed by atoms with E-state index >= 15 is 0 Å². The molecule has 1 aromatic carbocycles. The molecule has 0 aromatic heterocycles. The van der Waals surface area contributed by atoms with Gasteiger partial charge in [0.2, 0.25) is 0 Å². The maximum absolute atomic E-state index is 6.59. The van der Waals surface area contributed by atoms with Crippen molar-refractivity contribution in [3.8, 4) is 0 Å². The molecule has 2 nitrogen and oxygen atoms in total. The Labute approximate surface area is 103 Å². The van der Waals surface area contributed by atoms with Gasteiger partial charge in [-0.2, -0.15) is 0 Å². The molecule has 3 rings (SSSR count). The monoisotopic (exact) mass is 231 g/mol. The first-order valence-electron chi connectivity index (χ1n) is 6.56. The summed E-state index contributed by atoms with van der Waals surface area (Å²) in [5.41, 5.74) is 9.67. The molecule has 1 spiro atoms. The van der Waals surface area contributed by atoms with Crippen LogP contribution in [0.25, 0.3) is 0 Å². The average Bonchev–Trinajstić information content (AvgIpc) is 2.29. The molecule has 0 amide bonds. The summed E-state index contributed by atoms with van der Waals surface area (Å²) in [6.07, 6.45) is 4.65. The van der Waals surface area contributed by atoms with E-state index in [4.69, 9.17) is 10.5 Å². The van der Waals surface area contributed by atoms with Gasteiger partial charge in [-0.05, 0) is 49.1 Å². The second kappa shape index (κ2) is 3.82. The summed E-state index contributed by atoms with van der Waals surface area (Å²) < 4.78 is 5.46. The molecule has 1 heterocycles. The van der Waals surface area contributed by atoms with Crippen molar-refractivity contribution in [3.05, 3.63) is 35.4 Å². The van der Waals surface area contributed by atoms with Crippen LogP contribution in [0, 0.1) is 12.3 Å². The van der Waals surface area contributed by atoms with Crippen LogP contribution in [0.5, 0.6) is 0 Å². The topological polar surface area (TPSA) is 35.2 Å². The van der Waals surface area contributed by atoms with Crippen LogP contribution in [0.3, 0.4) is 0 Å². The zero-order valence-corrected chi connectivity index (χ0v) is 10.5. The highest BCUT2D eigenvalue weighted by molar-refractivity contribution is 5.35. The number of rotatable bonds is 1. The molecule has 1 aromatic rings. The van der Waals surface area contributed by atoms with Crippen molar-refractivity contribution >= 4 is 0 Å². The van der Waals surface area contributed by atoms with Crippen LogP contribution in [0.4, 0.5) is 0 Å². The second-order valence-corrected chi connectivity index (χ2v) is 5.94. The molecule has 1 aliphatic heterocycles. The van der Waals surface area contributed by atoms with Gasteiger partial charge in [-0.1, -0.05) is 24.3 Å². The van der Waals surface area contributed by atoms with E-state index in [0.29, 0.717) is 5.41 Å². The molecule has 0 bridgehead atoms. The van der Waals surface area contributed by atoms with Gasteiger partial charge in [-0.25, -0.2) is 0 Å². The molecule has 2 aliphatic rings. The number of ether oxygens (including phenoxy) is 1. The summed E-state index contributed by atoms with van der Waals surface area (Å²) in [6, 6.07) is 8.55. The Morgan fingerprint density at radius 2 is 1.76 bits per heavy atom. The lowest BCUT2D eigenvalue weighted by atomic mass is 9.52. The molecule has 17 heavy (non-hydrogen) atoms. The minimum Gasteiger partial charge on any atom is -0.381 e. The summed E-state index contributed by atoms with van der Waals surface area (Å²) in [6.45, 7) is 4.01. The first-order chi connectivity index (χ1) is 8.14. The third kappa shape index (κ3) is 1.80. The van der Waals surface area contributed by atoms with Gasteiger partial charge in [0.05, 0.1) is 0 Å². The van der Waals surface area contributed by atoms with Crippen LogP contribution in [-0.4, -0.2) is 13.2 Å². The van der Waals surface area contributed by atoms with Gasteiger partial charge in [-0.3, -0.25) is 0 Å². The maximum Gasteiger partial charge on any atom is 0.0471 e. The summed E-state index contributed by atoms with van der Waals surface area (Å²) in [4.78, 5) is 0. The van der Waals surface area contributed by atoms with E-state index in [1.165, 1.54) is 24.0 Å². The van der Waals surface area contributed by atoms with E-state index in [0.717, 1.165) is 26.1 Å². The van der Waals surface area contributed by atoms with Crippen molar-refractivity contribution in [1.82, 2.24) is 0 Å². The van der Waals surface area contributed by atoms with Crippen LogP contribution in [0.15, 0.2) is 24.3 Å². The number of hydrogen-bond acceptors (Lipinski definition) is 2. The van der Waals surface area contributed by atoms with E-state index in [-0.39, 0.29) is 5.54 Å². The molecule has 0 atom stereocenters. The quantitative estimate of drug-likeness (QED) is 0.806. The highest BCUT2D eigenvalue weighted by Crippen LogP contribution is 2.57. The number of aryl methyl sites for hydroxylation is 1. The van der Waals surface area contributed by atoms with Crippen LogP contribution in [0.2, 0.25) is 0 Å². The molecular weight excluding hydrogens is 210 g/mol. The standard InChI is InChI=1S/C15H21NO/c1-12-4-2-3-5-13(12)15(16)10-14(11-15)6-8-17-9-7-14/h2-5H,6-11,16H2,1H3. The second-order valence-electron chi connectivity index (χ2n) is 5.94. The smallest absolute Gasteiger partial charge is 0.0471 e. The summed E-state index contributed by atoms with van der Waals surface area (Å²) in [7, 11) is 0. The lowest BCUT2D eigenvalue weighted by Gasteiger charge is -2.57. The molecule has 0 radical (unpaired) electrons. The third-order valence-corrected chi connectivity index (χ3v) is 4.62. The van der Waals surface area contributed by atoms with Crippen molar-refractivity contribution in [3.63, 3.8) is 0 Å². The van der Waals surface area contributed by atoms with Crippen LogP contribution in [-0.2, 0) is 10.3 Å². The maximum atomic E-state index is 6.59. The predicted molar refractivity (Wildman–Crippen MR) is 68.8 cm³/mol. The zero-order valence-electron chi connectivity index (χ0n) is 10.5. The Morgan fingerprint density at radius 3 is 2.41 bits per heavy atom. The summed E-state index contributed by atoms with van der Waals surface area (Å²) >= 11 is 0. The molecule has 92 valence electrons. The Bertz CT molecular complexity index is 413. The van der Waals surface area contributed by atoms with Crippen LogP contribution < -0.4 is 5.73 Å². The van der Waals surface area contributed by atoms with Gasteiger partial charge >= 0.3 is 0 Å². The van der Waals surface area contributed by atoms with Gasteiger partial charge < -0.3 is 10.5 Å². The van der Waals surface area contributed by atoms with Crippen LogP contribution in [0.1, 0.15) is 36.8 Å². The number of benzene rings is 1. The zero-order chi connectivity index (χ0) is 11.9. The first kappa shape index (κ1) is 11.2. The van der Waals surface area contributed by atoms with Gasteiger partial charge in [0.15, 0.2) is 0 Å². The van der Waals surface area contributed by atoms with E-state index in [1.54, 1.807) is 0 Å². The van der Waals surface area contributed by atoms with E-state index < -0.39 is 0 Å². The first-order valence-corrected chi connectivity index (χ1v) is 6.56. The Morgan fingerprint density at radius 1 is 1.12 bits per heavy atom. The average molecular weight is 231 g/mol. The van der Waals surface area contributed by atoms with E-state index in [9.17, 15) is 0 Å². The molecular formula is C15H21NO. The van der Waals surface area contributed by atoms with Crippen molar-refractivity contribution in [2.45, 2.75) is 38.1 Å². The van der Waals surface area contributed by atoms with Crippen molar-refractivity contribution in [2.75, 3.05) is 13.2 Å². The molecule has 1 saturated heterocycles. The Kier molecular flexibility index (Phi) is 2.53. The Hall–Kier alpha value is -0.860. The van der Waals surface area contributed by atoms with Gasteiger partial charge in [0.25, 0.3) is 0 Å². The fourth-order valence-electron chi connectivity index (χ4n) is 3.77. The highest BCUT2D eigenvalue weighted by Gasteiger charge is 2.53. The highest BCUT2D eigenvalue weighted by atomic mass is 16.5. The summed E-state index contributed by atoms with van der Waals surface area (Å²) in [5, 5.41) is 0. The lowest BCUT2D eigenvalue weighted by Crippen LogP contribution is -2.57. The molecule has 1 saturated carbocycles. The molecule has 2 fully saturated rings. The van der Waals surface area contributed by atoms with Crippen molar-refractivity contribution in [1.29, 1.82) is 0 Å². The van der Waals surface area contributed by atoms with E-state index in [1.807, 2.05) is 0 Å². The van der Waals surface area contributed by atoms with Crippen molar-refractivity contribution in [2.24, 2.45) is 11.1 Å². The summed E-state index contributed by atoms with van der Waals surface area (Å²) in [5.74, 6) is 0. The molecule has 2 N–H and O–H groups in total. The normalized spacial score (nSPS) is 25.5. The number of nitrogens with two attached hydrogens (primary N) is 1. The minimum atomic E-state index is -0.0807. The van der Waals surface area contributed by atoms with Gasteiger partial charge in [0.1, 0.15) is 0 Å². The fraction of sp³-hybridized carbons (Fsp3) is 0.600. The fourth-order valence-corrected chi connectivity index (χ4v) is 3.77. The lowest BCUT2D eigenvalue weighted by molar-refractivity contribution is -0.0726. The molecule has 1 aliphatic carbocycles. The van der Waals surface area contributed by atoms with Crippen molar-refractivity contribution < 1.29 is 4.74 Å². The third-order valence-electron chi connectivity index (χ3n) is 4.62. The minimum absolute atomic E-state index is 0.0807. The van der Waals surface area contributed by atoms with Crippen LogP contribution >= 0.6 is 0 Å². The largest absolute Gasteiger partial charge is 0.381 e. The molecule has 2 heteroatoms. The SMILES string of the molecule is Cc1ccccc1C1(N)CC2(CCOCC2)C1. The number of hydrogen-bond donors (Lipinski definition) is 1. The van der Waals surface area contributed by atoms with Gasteiger partial charge in [-0.15, -0.1) is 0 Å². The van der Waals surface area contributed by atoms with Gasteiger partial charge in [0, 0.05) is 18.8 Å². The van der Waals surface area contributed by atoms with E-state index in [2.05, 4.69) is 31.2 Å². The predicted octanol–water partition coefficient (Wildman–Crippen LogP) is 2.74. The Balaban J connectivity index is 1.80. The molecule has 0 unspecified atom stereocenters.